The zero-order chi connectivity index (χ0) is 17.8. The van der Waals surface area contributed by atoms with Crippen molar-refractivity contribution in [3.63, 3.8) is 0 Å². The van der Waals surface area contributed by atoms with E-state index in [9.17, 15) is 4.79 Å². The lowest BCUT2D eigenvalue weighted by atomic mass is 9.95. The number of benzene rings is 1. The fourth-order valence-electron chi connectivity index (χ4n) is 2.76. The van der Waals surface area contributed by atoms with Gasteiger partial charge < -0.3 is 19.3 Å². The Kier molecular flexibility index (Phi) is 5.21. The van der Waals surface area contributed by atoms with Crippen LogP contribution in [0.1, 0.15) is 37.0 Å². The Bertz CT molecular complexity index is 742. The second kappa shape index (κ2) is 7.55. The van der Waals surface area contributed by atoms with Gasteiger partial charge in [0.1, 0.15) is 6.61 Å². The minimum absolute atomic E-state index is 0.0305. The number of fused-ring (bicyclic) bond motifs is 1. The number of nitrogens with zero attached hydrogens (tertiary/aromatic N) is 2. The molecule has 1 amide bonds. The third kappa shape index (κ3) is 3.92. The molecule has 2 aromatic rings. The molecule has 7 heteroatoms. The van der Waals surface area contributed by atoms with Crippen LogP contribution in [0.15, 0.2) is 22.7 Å². The SMILES string of the molecule is COc1cccc2c1OC[C@H](C(=O)NCCc1nc(C(C)C)no1)C2. The lowest BCUT2D eigenvalue weighted by molar-refractivity contribution is -0.126. The maximum atomic E-state index is 12.4. The number of carbonyl (C=O) groups excluding carboxylic acids is 1. The highest BCUT2D eigenvalue weighted by Gasteiger charge is 2.27. The molecule has 0 aliphatic carbocycles. The molecule has 1 atom stereocenters. The highest BCUT2D eigenvalue weighted by molar-refractivity contribution is 5.79. The van der Waals surface area contributed by atoms with E-state index >= 15 is 0 Å². The van der Waals surface area contributed by atoms with Crippen molar-refractivity contribution < 1.29 is 18.8 Å². The highest BCUT2D eigenvalue weighted by Crippen LogP contribution is 2.35. The van der Waals surface area contributed by atoms with Gasteiger partial charge in [-0.1, -0.05) is 31.1 Å². The Morgan fingerprint density at radius 1 is 1.44 bits per heavy atom. The third-order valence-electron chi connectivity index (χ3n) is 4.18. The standard InChI is InChI=1S/C18H23N3O4/c1-11(2)17-20-15(25-21-17)7-8-19-18(22)13-9-12-5-4-6-14(23-3)16(12)24-10-13/h4-6,11,13H,7-10H2,1-3H3,(H,19,22)/t13-/m1/s1. The molecule has 134 valence electrons. The molecule has 7 nitrogen and oxygen atoms in total. The van der Waals surface area contributed by atoms with Gasteiger partial charge in [0.2, 0.25) is 11.8 Å². The van der Waals surface area contributed by atoms with Gasteiger partial charge in [0.05, 0.1) is 13.0 Å². The van der Waals surface area contributed by atoms with Gasteiger partial charge >= 0.3 is 0 Å². The van der Waals surface area contributed by atoms with E-state index in [1.807, 2.05) is 32.0 Å². The second-order valence-corrected chi connectivity index (χ2v) is 6.40. The van der Waals surface area contributed by atoms with E-state index in [1.54, 1.807) is 7.11 Å². The first-order valence-corrected chi connectivity index (χ1v) is 8.47. The summed E-state index contributed by atoms with van der Waals surface area (Å²) in [6.45, 7) is 4.82. The zero-order valence-corrected chi connectivity index (χ0v) is 14.7. The van der Waals surface area contributed by atoms with Crippen LogP contribution >= 0.6 is 0 Å². The lowest BCUT2D eigenvalue weighted by Gasteiger charge is -2.25. The molecule has 1 N–H and O–H groups in total. The molecule has 1 aliphatic rings. The summed E-state index contributed by atoms with van der Waals surface area (Å²) in [6, 6.07) is 5.72. The number of hydrogen-bond acceptors (Lipinski definition) is 6. The fraction of sp³-hybridized carbons (Fsp3) is 0.500. The van der Waals surface area contributed by atoms with Crippen LogP contribution in [0.4, 0.5) is 0 Å². The molecule has 1 aliphatic heterocycles. The number of hydrogen-bond donors (Lipinski definition) is 1. The van der Waals surface area contributed by atoms with E-state index in [1.165, 1.54) is 0 Å². The van der Waals surface area contributed by atoms with Crippen molar-refractivity contribution in [1.29, 1.82) is 0 Å². The van der Waals surface area contributed by atoms with Crippen molar-refractivity contribution in [2.75, 3.05) is 20.3 Å². The number of methoxy groups -OCH3 is 1. The van der Waals surface area contributed by atoms with E-state index in [-0.39, 0.29) is 17.7 Å². The summed E-state index contributed by atoms with van der Waals surface area (Å²) in [7, 11) is 1.61. The van der Waals surface area contributed by atoms with Crippen molar-refractivity contribution in [3.8, 4) is 11.5 Å². The van der Waals surface area contributed by atoms with Gasteiger partial charge in [-0.15, -0.1) is 0 Å². The van der Waals surface area contributed by atoms with E-state index in [2.05, 4.69) is 15.5 Å². The summed E-state index contributed by atoms with van der Waals surface area (Å²) in [6.07, 6.45) is 1.15. The normalized spacial score (nSPS) is 16.2. The van der Waals surface area contributed by atoms with E-state index in [0.29, 0.717) is 43.5 Å². The second-order valence-electron chi connectivity index (χ2n) is 6.40. The van der Waals surface area contributed by atoms with Gasteiger partial charge in [-0.2, -0.15) is 4.98 Å². The van der Waals surface area contributed by atoms with Gasteiger partial charge in [-0.05, 0) is 18.1 Å². The summed E-state index contributed by atoms with van der Waals surface area (Å²) < 4.78 is 16.2. The summed E-state index contributed by atoms with van der Waals surface area (Å²) in [5.41, 5.74) is 0.990. The Morgan fingerprint density at radius 2 is 2.28 bits per heavy atom. The Morgan fingerprint density at radius 3 is 3.00 bits per heavy atom. The number of amides is 1. The van der Waals surface area contributed by atoms with Crippen molar-refractivity contribution >= 4 is 5.91 Å². The van der Waals surface area contributed by atoms with Crippen LogP contribution in [0.5, 0.6) is 11.5 Å². The molecule has 0 saturated heterocycles. The highest BCUT2D eigenvalue weighted by atomic mass is 16.5. The molecule has 25 heavy (non-hydrogen) atoms. The van der Waals surface area contributed by atoms with E-state index in [0.717, 1.165) is 11.3 Å². The van der Waals surface area contributed by atoms with Crippen molar-refractivity contribution in [2.24, 2.45) is 5.92 Å². The van der Waals surface area contributed by atoms with Gasteiger partial charge in [-0.3, -0.25) is 4.79 Å². The quantitative estimate of drug-likeness (QED) is 0.863. The number of aromatic nitrogens is 2. The molecule has 0 saturated carbocycles. The van der Waals surface area contributed by atoms with Crippen molar-refractivity contribution in [1.82, 2.24) is 15.5 Å². The molecular formula is C18H23N3O4. The molecule has 0 bridgehead atoms. The number of nitrogens with one attached hydrogen (secondary N) is 1. The summed E-state index contributed by atoms with van der Waals surface area (Å²) >= 11 is 0. The summed E-state index contributed by atoms with van der Waals surface area (Å²) in [5, 5.41) is 6.83. The Balaban J connectivity index is 1.52. The predicted molar refractivity (Wildman–Crippen MR) is 90.8 cm³/mol. The van der Waals surface area contributed by atoms with Gasteiger partial charge in [0.15, 0.2) is 17.3 Å². The largest absolute Gasteiger partial charge is 0.493 e. The minimum Gasteiger partial charge on any atom is -0.493 e. The van der Waals surface area contributed by atoms with Crippen LogP contribution in [0, 0.1) is 5.92 Å². The Labute approximate surface area is 146 Å². The smallest absolute Gasteiger partial charge is 0.228 e. The minimum atomic E-state index is -0.214. The zero-order valence-electron chi connectivity index (χ0n) is 14.7. The molecule has 0 fully saturated rings. The predicted octanol–water partition coefficient (Wildman–Crippen LogP) is 2.11. The number of carbonyl (C=O) groups is 1. The molecule has 0 spiro atoms. The number of para-hydroxylation sites is 1. The van der Waals surface area contributed by atoms with E-state index < -0.39 is 0 Å². The van der Waals surface area contributed by atoms with Crippen molar-refractivity contribution in [3.05, 3.63) is 35.5 Å². The first-order chi connectivity index (χ1) is 12.1. The maximum Gasteiger partial charge on any atom is 0.228 e. The van der Waals surface area contributed by atoms with E-state index in [4.69, 9.17) is 14.0 Å². The maximum absolute atomic E-state index is 12.4. The van der Waals surface area contributed by atoms with Gasteiger partial charge in [0.25, 0.3) is 0 Å². The van der Waals surface area contributed by atoms with Gasteiger partial charge in [0, 0.05) is 18.9 Å². The van der Waals surface area contributed by atoms with Crippen molar-refractivity contribution in [2.45, 2.75) is 32.6 Å². The third-order valence-corrected chi connectivity index (χ3v) is 4.18. The molecule has 1 aromatic heterocycles. The molecule has 3 rings (SSSR count). The van der Waals surface area contributed by atoms with Crippen LogP contribution in [-0.4, -0.2) is 36.3 Å². The monoisotopic (exact) mass is 345 g/mol. The average molecular weight is 345 g/mol. The Hall–Kier alpha value is -2.57. The van der Waals surface area contributed by atoms with Gasteiger partial charge in [-0.25, -0.2) is 0 Å². The van der Waals surface area contributed by atoms with Crippen LogP contribution in [0.25, 0.3) is 0 Å². The number of ether oxygens (including phenoxy) is 2. The molecule has 1 aromatic carbocycles. The molecule has 0 unspecified atom stereocenters. The first-order valence-electron chi connectivity index (χ1n) is 8.47. The molecule has 2 heterocycles. The summed E-state index contributed by atoms with van der Waals surface area (Å²) in [4.78, 5) is 16.7. The topological polar surface area (TPSA) is 86.5 Å². The van der Waals surface area contributed by atoms with Crippen LogP contribution in [0.3, 0.4) is 0 Å². The fourth-order valence-corrected chi connectivity index (χ4v) is 2.76. The lowest BCUT2D eigenvalue weighted by Crippen LogP contribution is -2.38. The molecule has 0 radical (unpaired) electrons. The van der Waals surface area contributed by atoms with Crippen LogP contribution < -0.4 is 14.8 Å². The molecular weight excluding hydrogens is 322 g/mol. The number of rotatable bonds is 6. The van der Waals surface area contributed by atoms with Crippen LogP contribution in [-0.2, 0) is 17.6 Å². The first kappa shape index (κ1) is 17.3. The average Bonchev–Trinajstić information content (AvgIpc) is 3.09. The van der Waals surface area contributed by atoms with Crippen LogP contribution in [0.2, 0.25) is 0 Å². The summed E-state index contributed by atoms with van der Waals surface area (Å²) in [5.74, 6) is 2.65.